The number of benzene rings is 3. The first kappa shape index (κ1) is 21.3. The summed E-state index contributed by atoms with van der Waals surface area (Å²) in [6.07, 6.45) is 0.435. The molecule has 1 atom stereocenters. The highest BCUT2D eigenvalue weighted by atomic mass is 32.2. The van der Waals surface area contributed by atoms with Crippen LogP contribution in [0.3, 0.4) is 0 Å². The van der Waals surface area contributed by atoms with Crippen LogP contribution in [0.4, 0.5) is 15.8 Å². The number of hydrogen-bond acceptors (Lipinski definition) is 4. The first-order valence-corrected chi connectivity index (χ1v) is 10.8. The zero-order chi connectivity index (χ0) is 22.5. The number of nitrogens with one attached hydrogen (secondary N) is 1. The number of nitriles is 1. The van der Waals surface area contributed by atoms with Crippen LogP contribution >= 0.6 is 11.8 Å². The molecule has 1 aliphatic heterocycles. The van der Waals surface area contributed by atoms with Crippen molar-refractivity contribution >= 4 is 35.0 Å². The molecule has 3 aromatic rings. The molecule has 0 saturated carbocycles. The molecule has 0 aliphatic carbocycles. The van der Waals surface area contributed by atoms with Gasteiger partial charge < -0.3 is 5.32 Å². The van der Waals surface area contributed by atoms with Crippen molar-refractivity contribution in [1.29, 1.82) is 5.26 Å². The van der Waals surface area contributed by atoms with Crippen molar-refractivity contribution in [2.45, 2.75) is 11.7 Å². The van der Waals surface area contributed by atoms with Gasteiger partial charge in [-0.05, 0) is 48.4 Å². The predicted molar refractivity (Wildman–Crippen MR) is 123 cm³/mol. The molecule has 1 fully saturated rings. The quantitative estimate of drug-likeness (QED) is 0.450. The topological polar surface area (TPSA) is 73.2 Å². The molecule has 1 aliphatic rings. The van der Waals surface area contributed by atoms with E-state index in [-0.39, 0.29) is 16.5 Å². The smallest absolute Gasteiger partial charge is 0.269 e. The van der Waals surface area contributed by atoms with Crippen LogP contribution in [0.2, 0.25) is 0 Å². The second kappa shape index (κ2) is 9.50. The number of anilines is 2. The van der Waals surface area contributed by atoms with Gasteiger partial charge in [0.25, 0.3) is 5.91 Å². The number of hydrogen-bond donors (Lipinski definition) is 1. The maximum atomic E-state index is 13.5. The fourth-order valence-electron chi connectivity index (χ4n) is 3.36. The minimum atomic E-state index is -0.610. The molecule has 1 heterocycles. The molecular formula is C25H18FN3O2S. The average Bonchev–Trinajstić information content (AvgIpc) is 3.12. The molecule has 0 bridgehead atoms. The summed E-state index contributed by atoms with van der Waals surface area (Å²) >= 11 is 1.17. The van der Waals surface area contributed by atoms with Gasteiger partial charge >= 0.3 is 0 Å². The van der Waals surface area contributed by atoms with E-state index < -0.39 is 17.0 Å². The Hall–Kier alpha value is -3.89. The van der Waals surface area contributed by atoms with E-state index in [1.54, 1.807) is 24.3 Å². The fourth-order valence-corrected chi connectivity index (χ4v) is 4.66. The second-order valence-corrected chi connectivity index (χ2v) is 8.25. The number of para-hydroxylation sites is 1. The molecule has 32 heavy (non-hydrogen) atoms. The summed E-state index contributed by atoms with van der Waals surface area (Å²) in [5.74, 6) is -1.32. The summed E-state index contributed by atoms with van der Waals surface area (Å²) in [6, 6.07) is 25.6. The van der Waals surface area contributed by atoms with E-state index in [0.29, 0.717) is 17.8 Å². The molecule has 0 radical (unpaired) electrons. The molecule has 158 valence electrons. The van der Waals surface area contributed by atoms with Crippen molar-refractivity contribution in [2.24, 2.45) is 0 Å². The van der Waals surface area contributed by atoms with Crippen LogP contribution in [0.5, 0.6) is 0 Å². The molecule has 7 heteroatoms. The monoisotopic (exact) mass is 443 g/mol. The Balaban J connectivity index is 1.73. The Morgan fingerprint density at radius 3 is 2.25 bits per heavy atom. The summed E-state index contributed by atoms with van der Waals surface area (Å²) in [7, 11) is 0. The highest BCUT2D eigenvalue weighted by Gasteiger charge is 2.40. The minimum absolute atomic E-state index is 0.174. The molecule has 3 aromatic carbocycles. The van der Waals surface area contributed by atoms with Gasteiger partial charge in [-0.1, -0.05) is 60.3 Å². The maximum Gasteiger partial charge on any atom is 0.269 e. The van der Waals surface area contributed by atoms with E-state index in [9.17, 15) is 19.2 Å². The molecule has 4 rings (SSSR count). The van der Waals surface area contributed by atoms with E-state index in [4.69, 9.17) is 0 Å². The molecular weight excluding hydrogens is 425 g/mol. The lowest BCUT2D eigenvalue weighted by Crippen LogP contribution is -2.30. The van der Waals surface area contributed by atoms with Gasteiger partial charge in [0.15, 0.2) is 0 Å². The molecule has 5 nitrogen and oxygen atoms in total. The van der Waals surface area contributed by atoms with Gasteiger partial charge in [-0.25, -0.2) is 4.39 Å². The number of halogens is 1. The standard InChI is InChI=1S/C25H18FN3O2S/c26-18-11-13-20(14-12-18)29-24(31)22(15-17-7-3-1-4-8-17)32-25(29)21(16-27)23(30)28-19-9-5-2-6-10-19/h1-14,22H,15H2,(H,28,30)/b25-21-/t22-/m0/s1. The van der Waals surface area contributed by atoms with E-state index in [1.807, 2.05) is 42.5 Å². The fraction of sp³-hybridized carbons (Fsp3) is 0.0800. The first-order chi connectivity index (χ1) is 15.6. The van der Waals surface area contributed by atoms with Crippen LogP contribution in [0, 0.1) is 17.1 Å². The number of carbonyl (C=O) groups excluding carboxylic acids is 2. The summed E-state index contributed by atoms with van der Waals surface area (Å²) < 4.78 is 13.5. The van der Waals surface area contributed by atoms with Crippen molar-refractivity contribution < 1.29 is 14.0 Å². The minimum Gasteiger partial charge on any atom is -0.321 e. The molecule has 2 amide bonds. The molecule has 0 unspecified atom stereocenters. The van der Waals surface area contributed by atoms with Gasteiger partial charge in [-0.15, -0.1) is 0 Å². The van der Waals surface area contributed by atoms with Crippen LogP contribution in [0.1, 0.15) is 5.56 Å². The van der Waals surface area contributed by atoms with Crippen molar-refractivity contribution in [1.82, 2.24) is 0 Å². The van der Waals surface area contributed by atoms with E-state index >= 15 is 0 Å². The van der Waals surface area contributed by atoms with Crippen LogP contribution in [-0.2, 0) is 16.0 Å². The summed E-state index contributed by atoms with van der Waals surface area (Å²) in [6.45, 7) is 0. The van der Waals surface area contributed by atoms with Crippen LogP contribution < -0.4 is 10.2 Å². The normalized spacial score (nSPS) is 17.1. The zero-order valence-electron chi connectivity index (χ0n) is 16.9. The van der Waals surface area contributed by atoms with Gasteiger partial charge in [0.1, 0.15) is 22.5 Å². The number of thioether (sulfide) groups is 1. The third-order valence-electron chi connectivity index (χ3n) is 4.89. The Morgan fingerprint density at radius 1 is 1.00 bits per heavy atom. The van der Waals surface area contributed by atoms with Crippen LogP contribution in [0.15, 0.2) is 95.5 Å². The lowest BCUT2D eigenvalue weighted by Gasteiger charge is -2.18. The Bertz CT molecular complexity index is 1210. The summed E-state index contributed by atoms with van der Waals surface area (Å²) in [5, 5.41) is 12.2. The second-order valence-electron chi connectivity index (χ2n) is 7.06. The predicted octanol–water partition coefficient (Wildman–Crippen LogP) is 4.89. The Morgan fingerprint density at radius 2 is 1.62 bits per heavy atom. The largest absolute Gasteiger partial charge is 0.321 e. The van der Waals surface area contributed by atoms with Gasteiger partial charge in [0.05, 0.1) is 5.25 Å². The molecule has 1 saturated heterocycles. The zero-order valence-corrected chi connectivity index (χ0v) is 17.7. The maximum absolute atomic E-state index is 13.5. The number of amides is 2. The SMILES string of the molecule is N#C/C(C(=O)Nc1ccccc1)=C1/S[C@@H](Cc2ccccc2)C(=O)N1c1ccc(F)cc1. The molecule has 1 N–H and O–H groups in total. The van der Waals surface area contributed by atoms with E-state index in [0.717, 1.165) is 5.56 Å². The van der Waals surface area contributed by atoms with Gasteiger partial charge in [-0.2, -0.15) is 5.26 Å². The highest BCUT2D eigenvalue weighted by molar-refractivity contribution is 8.05. The highest BCUT2D eigenvalue weighted by Crippen LogP contribution is 2.42. The van der Waals surface area contributed by atoms with Crippen molar-refractivity contribution in [3.05, 3.63) is 107 Å². The lowest BCUT2D eigenvalue weighted by molar-refractivity contribution is -0.117. The molecule has 0 aromatic heterocycles. The summed E-state index contributed by atoms with van der Waals surface area (Å²) in [4.78, 5) is 27.6. The van der Waals surface area contributed by atoms with Crippen LogP contribution in [-0.4, -0.2) is 17.1 Å². The third kappa shape index (κ3) is 4.56. The average molecular weight is 444 g/mol. The lowest BCUT2D eigenvalue weighted by atomic mass is 10.1. The van der Waals surface area contributed by atoms with E-state index in [2.05, 4.69) is 5.32 Å². The Kier molecular flexibility index (Phi) is 6.34. The molecule has 0 spiro atoms. The number of carbonyl (C=O) groups is 2. The van der Waals surface area contributed by atoms with Crippen LogP contribution in [0.25, 0.3) is 0 Å². The van der Waals surface area contributed by atoms with Gasteiger partial charge in [0, 0.05) is 11.4 Å². The van der Waals surface area contributed by atoms with Crippen molar-refractivity contribution in [3.63, 3.8) is 0 Å². The number of rotatable bonds is 5. The summed E-state index contributed by atoms with van der Waals surface area (Å²) in [5.41, 5.74) is 1.72. The van der Waals surface area contributed by atoms with Gasteiger partial charge in [0.2, 0.25) is 5.91 Å². The third-order valence-corrected chi connectivity index (χ3v) is 6.15. The number of nitrogens with zero attached hydrogens (tertiary/aromatic N) is 2. The van der Waals surface area contributed by atoms with Gasteiger partial charge in [-0.3, -0.25) is 14.5 Å². The van der Waals surface area contributed by atoms with Crippen molar-refractivity contribution in [2.75, 3.05) is 10.2 Å². The van der Waals surface area contributed by atoms with E-state index in [1.165, 1.54) is 40.9 Å². The Labute approximate surface area is 189 Å². The first-order valence-electron chi connectivity index (χ1n) is 9.87. The van der Waals surface area contributed by atoms with Crippen molar-refractivity contribution in [3.8, 4) is 6.07 Å².